The third kappa shape index (κ3) is 3.56. The molecule has 156 valence electrons. The van der Waals surface area contributed by atoms with E-state index in [-0.39, 0.29) is 24.9 Å². The van der Waals surface area contributed by atoms with Gasteiger partial charge in [0.1, 0.15) is 0 Å². The lowest BCUT2D eigenvalue weighted by Gasteiger charge is -2.20. The summed E-state index contributed by atoms with van der Waals surface area (Å²) in [6.45, 7) is 6.34. The van der Waals surface area contributed by atoms with E-state index < -0.39 is 10.0 Å². The Morgan fingerprint density at radius 2 is 1.80 bits per heavy atom. The number of aryl methyl sites for hydroxylation is 2. The SMILES string of the molecule is Cc1ccc([C@H](C)NC(=O)CCCN2c3cccc4cccc(c34)S2(=O)=O)c(C)c1. The molecule has 1 N–H and O–H groups in total. The van der Waals surface area contributed by atoms with E-state index in [0.717, 1.165) is 21.9 Å². The minimum absolute atomic E-state index is 0.0743. The van der Waals surface area contributed by atoms with E-state index in [4.69, 9.17) is 0 Å². The van der Waals surface area contributed by atoms with Crippen LogP contribution in [0.1, 0.15) is 42.5 Å². The van der Waals surface area contributed by atoms with Crippen LogP contribution in [0.4, 0.5) is 5.69 Å². The van der Waals surface area contributed by atoms with E-state index in [9.17, 15) is 13.2 Å². The van der Waals surface area contributed by atoms with Crippen molar-refractivity contribution in [2.75, 3.05) is 10.8 Å². The van der Waals surface area contributed by atoms with Crippen LogP contribution in [0.3, 0.4) is 0 Å². The lowest BCUT2D eigenvalue weighted by Crippen LogP contribution is -2.31. The number of carbonyl (C=O) groups excluding carboxylic acids is 1. The molecule has 1 atom stereocenters. The molecule has 0 unspecified atom stereocenters. The molecule has 3 aromatic rings. The van der Waals surface area contributed by atoms with Gasteiger partial charge in [0.05, 0.1) is 16.6 Å². The van der Waals surface area contributed by atoms with Crippen LogP contribution in [0.2, 0.25) is 0 Å². The molecule has 0 saturated heterocycles. The highest BCUT2D eigenvalue weighted by molar-refractivity contribution is 7.93. The van der Waals surface area contributed by atoms with Crippen molar-refractivity contribution in [3.05, 3.63) is 71.3 Å². The molecule has 30 heavy (non-hydrogen) atoms. The summed E-state index contributed by atoms with van der Waals surface area (Å²) in [5.74, 6) is -0.0743. The van der Waals surface area contributed by atoms with Gasteiger partial charge in [-0.25, -0.2) is 8.42 Å². The van der Waals surface area contributed by atoms with Gasteiger partial charge in [0, 0.05) is 18.4 Å². The summed E-state index contributed by atoms with van der Waals surface area (Å²) in [6, 6.07) is 17.1. The Hall–Kier alpha value is -2.86. The Bertz CT molecular complexity index is 1230. The van der Waals surface area contributed by atoms with Crippen LogP contribution in [0, 0.1) is 13.8 Å². The maximum Gasteiger partial charge on any atom is 0.265 e. The Labute approximate surface area is 177 Å². The van der Waals surface area contributed by atoms with Crippen LogP contribution in [0.25, 0.3) is 10.8 Å². The number of rotatable bonds is 6. The normalized spacial score (nSPS) is 15.4. The van der Waals surface area contributed by atoms with Crippen molar-refractivity contribution in [3.63, 3.8) is 0 Å². The zero-order valence-corrected chi connectivity index (χ0v) is 18.3. The number of amides is 1. The highest BCUT2D eigenvalue weighted by Gasteiger charge is 2.35. The summed E-state index contributed by atoms with van der Waals surface area (Å²) in [5, 5.41) is 4.72. The van der Waals surface area contributed by atoms with Crippen molar-refractivity contribution < 1.29 is 13.2 Å². The van der Waals surface area contributed by atoms with Crippen LogP contribution in [-0.2, 0) is 14.8 Å². The molecule has 0 fully saturated rings. The van der Waals surface area contributed by atoms with E-state index in [1.807, 2.05) is 57.2 Å². The average Bonchev–Trinajstić information content (AvgIpc) is 2.91. The maximum atomic E-state index is 13.0. The monoisotopic (exact) mass is 422 g/mol. The van der Waals surface area contributed by atoms with Gasteiger partial charge >= 0.3 is 0 Å². The molecular formula is C24H26N2O3S. The molecule has 6 heteroatoms. The minimum atomic E-state index is -3.57. The summed E-state index contributed by atoms with van der Waals surface area (Å²) >= 11 is 0. The summed E-state index contributed by atoms with van der Waals surface area (Å²) < 4.78 is 27.4. The standard InChI is InChI=1S/C24H26N2O3S/c1-16-12-13-20(17(2)15-16)18(3)25-23(27)11-6-14-26-21-9-4-7-19-8-5-10-22(24(19)21)30(26,28)29/h4-5,7-10,12-13,15,18H,6,11,14H2,1-3H3,(H,25,27)/t18-/m0/s1. The largest absolute Gasteiger partial charge is 0.350 e. The minimum Gasteiger partial charge on any atom is -0.350 e. The molecule has 0 radical (unpaired) electrons. The van der Waals surface area contributed by atoms with Gasteiger partial charge in [-0.3, -0.25) is 9.10 Å². The molecule has 4 rings (SSSR count). The zero-order chi connectivity index (χ0) is 21.5. The average molecular weight is 423 g/mol. The summed E-state index contributed by atoms with van der Waals surface area (Å²) in [7, 11) is -3.57. The van der Waals surface area contributed by atoms with Gasteiger partial charge in [-0.2, -0.15) is 0 Å². The summed E-state index contributed by atoms with van der Waals surface area (Å²) in [6.07, 6.45) is 0.725. The number of nitrogens with zero attached hydrogens (tertiary/aromatic N) is 1. The lowest BCUT2D eigenvalue weighted by molar-refractivity contribution is -0.121. The van der Waals surface area contributed by atoms with Gasteiger partial charge in [0.2, 0.25) is 5.91 Å². The van der Waals surface area contributed by atoms with Crippen molar-refractivity contribution in [3.8, 4) is 0 Å². The van der Waals surface area contributed by atoms with Gasteiger partial charge in [0.15, 0.2) is 0 Å². The highest BCUT2D eigenvalue weighted by Crippen LogP contribution is 2.41. The van der Waals surface area contributed by atoms with E-state index in [2.05, 4.69) is 11.4 Å². The second-order valence-electron chi connectivity index (χ2n) is 7.96. The van der Waals surface area contributed by atoms with Crippen molar-refractivity contribution in [1.29, 1.82) is 0 Å². The molecule has 1 heterocycles. The fraction of sp³-hybridized carbons (Fsp3) is 0.292. The fourth-order valence-electron chi connectivity index (χ4n) is 4.29. The Balaban J connectivity index is 1.41. The zero-order valence-electron chi connectivity index (χ0n) is 17.5. The molecule has 0 bridgehead atoms. The van der Waals surface area contributed by atoms with Crippen molar-refractivity contribution >= 4 is 32.4 Å². The number of benzene rings is 3. The third-order valence-corrected chi connectivity index (χ3v) is 7.57. The summed E-state index contributed by atoms with van der Waals surface area (Å²) in [4.78, 5) is 12.8. The van der Waals surface area contributed by atoms with Crippen LogP contribution in [-0.4, -0.2) is 20.9 Å². The van der Waals surface area contributed by atoms with Gasteiger partial charge in [-0.15, -0.1) is 0 Å². The first kappa shape index (κ1) is 20.4. The Morgan fingerprint density at radius 1 is 1.07 bits per heavy atom. The van der Waals surface area contributed by atoms with E-state index in [0.29, 0.717) is 17.0 Å². The quantitative estimate of drug-likeness (QED) is 0.630. The van der Waals surface area contributed by atoms with Crippen LogP contribution in [0.15, 0.2) is 59.5 Å². The van der Waals surface area contributed by atoms with Crippen LogP contribution in [0.5, 0.6) is 0 Å². The first-order valence-electron chi connectivity index (χ1n) is 10.2. The third-order valence-electron chi connectivity index (χ3n) is 5.72. The topological polar surface area (TPSA) is 66.5 Å². The van der Waals surface area contributed by atoms with E-state index in [1.54, 1.807) is 12.1 Å². The van der Waals surface area contributed by atoms with Crippen molar-refractivity contribution in [2.45, 2.75) is 44.6 Å². The molecule has 1 amide bonds. The van der Waals surface area contributed by atoms with E-state index in [1.165, 1.54) is 9.87 Å². The van der Waals surface area contributed by atoms with Crippen LogP contribution < -0.4 is 9.62 Å². The van der Waals surface area contributed by atoms with Crippen molar-refractivity contribution in [2.24, 2.45) is 0 Å². The molecule has 1 aliphatic heterocycles. The predicted octanol–water partition coefficient (Wildman–Crippen LogP) is 4.62. The highest BCUT2D eigenvalue weighted by atomic mass is 32.2. The smallest absolute Gasteiger partial charge is 0.265 e. The second-order valence-corrected chi connectivity index (χ2v) is 9.79. The maximum absolute atomic E-state index is 13.0. The molecule has 3 aromatic carbocycles. The van der Waals surface area contributed by atoms with Gasteiger partial charge in [-0.1, -0.05) is 48.0 Å². The second kappa shape index (κ2) is 7.76. The number of sulfonamides is 1. The summed E-state index contributed by atoms with van der Waals surface area (Å²) in [5.41, 5.74) is 4.14. The molecule has 0 saturated carbocycles. The molecule has 5 nitrogen and oxygen atoms in total. The molecule has 0 aromatic heterocycles. The number of carbonyl (C=O) groups is 1. The number of hydrogen-bond acceptors (Lipinski definition) is 3. The van der Waals surface area contributed by atoms with E-state index >= 15 is 0 Å². The van der Waals surface area contributed by atoms with Gasteiger partial charge in [0.25, 0.3) is 10.0 Å². The number of hydrogen-bond donors (Lipinski definition) is 1. The fourth-order valence-corrected chi connectivity index (χ4v) is 6.03. The Kier molecular flexibility index (Phi) is 5.28. The molecule has 0 aliphatic carbocycles. The molecular weight excluding hydrogens is 396 g/mol. The van der Waals surface area contributed by atoms with Gasteiger partial charge < -0.3 is 5.32 Å². The molecule has 1 aliphatic rings. The first-order valence-corrected chi connectivity index (χ1v) is 11.6. The van der Waals surface area contributed by atoms with Gasteiger partial charge in [-0.05, 0) is 55.8 Å². The predicted molar refractivity (Wildman–Crippen MR) is 120 cm³/mol. The number of anilines is 1. The Morgan fingerprint density at radius 3 is 2.53 bits per heavy atom. The van der Waals surface area contributed by atoms with Crippen molar-refractivity contribution in [1.82, 2.24) is 5.32 Å². The molecule has 0 spiro atoms. The first-order chi connectivity index (χ1) is 14.3. The van der Waals surface area contributed by atoms with Crippen LogP contribution >= 0.6 is 0 Å². The number of nitrogens with one attached hydrogen (secondary N) is 1. The lowest BCUT2D eigenvalue weighted by atomic mass is 10.00.